The second kappa shape index (κ2) is 4.59. The average Bonchev–Trinajstić information content (AvgIpc) is 2.17. The molecule has 0 unspecified atom stereocenters. The van der Waals surface area contributed by atoms with Crippen molar-refractivity contribution in [2.24, 2.45) is 5.92 Å². The molecule has 0 N–H and O–H groups in total. The number of nitrogens with zero attached hydrogens (tertiary/aromatic N) is 2. The molecule has 1 aliphatic heterocycles. The standard InChI is InChI=1S/C9H20N2O2S/c1-4-9-6-5-7-11(8-9)14(12,13)10(2)3/h9H,4-8H2,1-3H3/t9-/m1/s1. The van der Waals surface area contributed by atoms with Gasteiger partial charge in [0.15, 0.2) is 0 Å². The second-order valence-electron chi connectivity index (χ2n) is 4.06. The van der Waals surface area contributed by atoms with Gasteiger partial charge in [-0.1, -0.05) is 13.3 Å². The van der Waals surface area contributed by atoms with Crippen LogP contribution in [0.2, 0.25) is 0 Å². The minimum absolute atomic E-state index is 0.540. The Balaban J connectivity index is 2.69. The number of hydrogen-bond donors (Lipinski definition) is 0. The van der Waals surface area contributed by atoms with Crippen LogP contribution in [0.4, 0.5) is 0 Å². The summed E-state index contributed by atoms with van der Waals surface area (Å²) in [7, 11) is 0.0000756. The summed E-state index contributed by atoms with van der Waals surface area (Å²) in [4.78, 5) is 0. The lowest BCUT2D eigenvalue weighted by Gasteiger charge is -2.32. The van der Waals surface area contributed by atoms with E-state index < -0.39 is 10.2 Å². The summed E-state index contributed by atoms with van der Waals surface area (Å²) in [5.41, 5.74) is 0. The third kappa shape index (κ3) is 2.46. The van der Waals surface area contributed by atoms with Gasteiger partial charge in [0, 0.05) is 27.2 Å². The maximum Gasteiger partial charge on any atom is 0.281 e. The molecule has 0 amide bonds. The molecule has 0 aliphatic carbocycles. The molecule has 1 fully saturated rings. The SMILES string of the molecule is CC[C@@H]1CCCN(S(=O)(=O)N(C)C)C1. The molecule has 84 valence electrons. The van der Waals surface area contributed by atoms with E-state index in [-0.39, 0.29) is 0 Å². The van der Waals surface area contributed by atoms with E-state index in [2.05, 4.69) is 6.92 Å². The van der Waals surface area contributed by atoms with E-state index in [0.29, 0.717) is 19.0 Å². The number of rotatable bonds is 3. The maximum absolute atomic E-state index is 11.8. The summed E-state index contributed by atoms with van der Waals surface area (Å²) in [5, 5.41) is 0. The third-order valence-electron chi connectivity index (χ3n) is 2.85. The first-order valence-electron chi connectivity index (χ1n) is 5.16. The van der Waals surface area contributed by atoms with Crippen LogP contribution in [0.25, 0.3) is 0 Å². The highest BCUT2D eigenvalue weighted by Gasteiger charge is 2.29. The molecule has 1 atom stereocenters. The summed E-state index contributed by atoms with van der Waals surface area (Å²) < 4.78 is 26.5. The molecular formula is C9H20N2O2S. The molecule has 0 aromatic rings. The van der Waals surface area contributed by atoms with E-state index in [1.807, 2.05) is 0 Å². The van der Waals surface area contributed by atoms with Crippen LogP contribution in [-0.4, -0.2) is 44.2 Å². The van der Waals surface area contributed by atoms with Crippen molar-refractivity contribution >= 4 is 10.2 Å². The van der Waals surface area contributed by atoms with Crippen molar-refractivity contribution in [3.63, 3.8) is 0 Å². The van der Waals surface area contributed by atoms with Crippen LogP contribution in [0.5, 0.6) is 0 Å². The predicted molar refractivity (Wildman–Crippen MR) is 57.2 cm³/mol. The Morgan fingerprint density at radius 3 is 2.57 bits per heavy atom. The first-order chi connectivity index (χ1) is 6.48. The van der Waals surface area contributed by atoms with Gasteiger partial charge < -0.3 is 0 Å². The van der Waals surface area contributed by atoms with Crippen LogP contribution in [0.1, 0.15) is 26.2 Å². The molecule has 5 heteroatoms. The van der Waals surface area contributed by atoms with Crippen LogP contribution in [0, 0.1) is 5.92 Å². The Bertz CT molecular complexity index is 275. The van der Waals surface area contributed by atoms with Crippen molar-refractivity contribution in [1.29, 1.82) is 0 Å². The third-order valence-corrected chi connectivity index (χ3v) is 4.75. The molecule has 1 heterocycles. The number of piperidine rings is 1. The van der Waals surface area contributed by atoms with Gasteiger partial charge in [0.2, 0.25) is 0 Å². The maximum atomic E-state index is 11.8. The van der Waals surface area contributed by atoms with E-state index >= 15 is 0 Å². The Hall–Kier alpha value is -0.130. The first kappa shape index (κ1) is 11.9. The van der Waals surface area contributed by atoms with E-state index in [9.17, 15) is 8.42 Å². The molecule has 0 radical (unpaired) electrons. The van der Waals surface area contributed by atoms with Gasteiger partial charge in [0.05, 0.1) is 0 Å². The zero-order chi connectivity index (χ0) is 10.8. The van der Waals surface area contributed by atoms with E-state index in [1.165, 1.54) is 4.31 Å². The average molecular weight is 220 g/mol. The van der Waals surface area contributed by atoms with Gasteiger partial charge >= 0.3 is 0 Å². The Morgan fingerprint density at radius 1 is 1.43 bits per heavy atom. The molecule has 0 saturated carbocycles. The van der Waals surface area contributed by atoms with Crippen molar-refractivity contribution < 1.29 is 8.42 Å². The Morgan fingerprint density at radius 2 is 2.07 bits per heavy atom. The largest absolute Gasteiger partial charge is 0.281 e. The van der Waals surface area contributed by atoms with Gasteiger partial charge in [-0.3, -0.25) is 0 Å². The van der Waals surface area contributed by atoms with Crippen LogP contribution in [0.15, 0.2) is 0 Å². The molecule has 0 spiro atoms. The molecular weight excluding hydrogens is 200 g/mol. The smallest absolute Gasteiger partial charge is 0.195 e. The molecule has 0 aromatic heterocycles. The minimum Gasteiger partial charge on any atom is -0.195 e. The zero-order valence-corrected chi connectivity index (χ0v) is 10.0. The summed E-state index contributed by atoms with van der Waals surface area (Å²) in [6.45, 7) is 3.49. The van der Waals surface area contributed by atoms with Crippen molar-refractivity contribution in [3.8, 4) is 0 Å². The van der Waals surface area contributed by atoms with Gasteiger partial charge in [-0.25, -0.2) is 0 Å². The van der Waals surface area contributed by atoms with Crippen molar-refractivity contribution in [2.45, 2.75) is 26.2 Å². The van der Waals surface area contributed by atoms with E-state index in [4.69, 9.17) is 0 Å². The monoisotopic (exact) mass is 220 g/mol. The lowest BCUT2D eigenvalue weighted by atomic mass is 9.97. The van der Waals surface area contributed by atoms with Crippen molar-refractivity contribution in [1.82, 2.24) is 8.61 Å². The lowest BCUT2D eigenvalue weighted by molar-refractivity contribution is 0.251. The molecule has 14 heavy (non-hydrogen) atoms. The normalized spacial score (nSPS) is 25.6. The molecule has 0 aromatic carbocycles. The fourth-order valence-electron chi connectivity index (χ4n) is 1.80. The molecule has 1 aliphatic rings. The summed E-state index contributed by atoms with van der Waals surface area (Å²) >= 11 is 0. The van der Waals surface area contributed by atoms with Crippen LogP contribution >= 0.6 is 0 Å². The first-order valence-corrected chi connectivity index (χ1v) is 6.55. The Kier molecular flexibility index (Phi) is 3.92. The molecule has 4 nitrogen and oxygen atoms in total. The predicted octanol–water partition coefficient (Wildman–Crippen LogP) is 0.915. The molecule has 1 rings (SSSR count). The Labute approximate surface area is 87.1 Å². The number of hydrogen-bond acceptors (Lipinski definition) is 2. The summed E-state index contributed by atoms with van der Waals surface area (Å²) in [6.07, 6.45) is 3.22. The van der Waals surface area contributed by atoms with Gasteiger partial charge in [-0.15, -0.1) is 0 Å². The minimum atomic E-state index is -3.18. The van der Waals surface area contributed by atoms with Crippen molar-refractivity contribution in [2.75, 3.05) is 27.2 Å². The highest BCUT2D eigenvalue weighted by molar-refractivity contribution is 7.86. The summed E-state index contributed by atoms with van der Waals surface area (Å²) in [5.74, 6) is 0.540. The highest BCUT2D eigenvalue weighted by Crippen LogP contribution is 2.21. The van der Waals surface area contributed by atoms with Gasteiger partial charge in [-0.2, -0.15) is 17.0 Å². The van der Waals surface area contributed by atoms with Crippen LogP contribution in [0.3, 0.4) is 0 Å². The zero-order valence-electron chi connectivity index (χ0n) is 9.23. The van der Waals surface area contributed by atoms with E-state index in [0.717, 1.165) is 19.3 Å². The highest BCUT2D eigenvalue weighted by atomic mass is 32.2. The fraction of sp³-hybridized carbons (Fsp3) is 1.00. The van der Waals surface area contributed by atoms with Crippen LogP contribution in [-0.2, 0) is 10.2 Å². The van der Waals surface area contributed by atoms with Crippen LogP contribution < -0.4 is 0 Å². The summed E-state index contributed by atoms with van der Waals surface area (Å²) in [6, 6.07) is 0. The van der Waals surface area contributed by atoms with Crippen molar-refractivity contribution in [3.05, 3.63) is 0 Å². The fourth-order valence-corrected chi connectivity index (χ4v) is 3.02. The van der Waals surface area contributed by atoms with Gasteiger partial charge in [0.1, 0.15) is 0 Å². The lowest BCUT2D eigenvalue weighted by Crippen LogP contribution is -2.45. The quantitative estimate of drug-likeness (QED) is 0.709. The van der Waals surface area contributed by atoms with E-state index in [1.54, 1.807) is 18.4 Å². The molecule has 0 bridgehead atoms. The second-order valence-corrected chi connectivity index (χ2v) is 6.21. The van der Waals surface area contributed by atoms with Gasteiger partial charge in [0.25, 0.3) is 10.2 Å². The molecule has 1 saturated heterocycles. The van der Waals surface area contributed by atoms with Gasteiger partial charge in [-0.05, 0) is 18.8 Å². The topological polar surface area (TPSA) is 40.6 Å².